The first kappa shape index (κ1) is 21.2. The number of hydrogen-bond acceptors (Lipinski definition) is 5. The van der Waals surface area contributed by atoms with Crippen molar-refractivity contribution in [3.63, 3.8) is 0 Å². The molecular weight excluding hydrogens is 408 g/mol. The lowest BCUT2D eigenvalue weighted by Crippen LogP contribution is -2.50. The minimum Gasteiger partial charge on any atom is -0.465 e. The molecule has 164 valence electrons. The van der Waals surface area contributed by atoms with Crippen molar-refractivity contribution in [1.29, 1.82) is 0 Å². The molecule has 30 heavy (non-hydrogen) atoms. The molecule has 0 radical (unpaired) electrons. The van der Waals surface area contributed by atoms with Crippen molar-refractivity contribution >= 4 is 35.1 Å². The summed E-state index contributed by atoms with van der Waals surface area (Å²) >= 11 is 6.46. The normalized spacial score (nSPS) is 29.5. The Morgan fingerprint density at radius 3 is 2.67 bits per heavy atom. The highest BCUT2D eigenvalue weighted by Crippen LogP contribution is 2.44. The number of carboxylic acid groups (broad SMARTS) is 1. The van der Waals surface area contributed by atoms with Crippen LogP contribution in [0.25, 0.3) is 0 Å². The third-order valence-electron chi connectivity index (χ3n) is 7.01. The van der Waals surface area contributed by atoms with E-state index in [1.54, 1.807) is 6.07 Å². The molecule has 2 aliphatic heterocycles. The highest BCUT2D eigenvalue weighted by molar-refractivity contribution is 6.33. The molecule has 3 heterocycles. The van der Waals surface area contributed by atoms with Gasteiger partial charge in [0.25, 0.3) is 0 Å². The minimum atomic E-state index is -1.08. The summed E-state index contributed by atoms with van der Waals surface area (Å²) in [4.78, 5) is 34.3. The number of aromatic nitrogens is 1. The van der Waals surface area contributed by atoms with Crippen molar-refractivity contribution in [2.24, 2.45) is 5.41 Å². The Labute approximate surface area is 181 Å². The van der Waals surface area contributed by atoms with E-state index in [-0.39, 0.29) is 18.1 Å². The molecule has 1 saturated carbocycles. The van der Waals surface area contributed by atoms with E-state index in [0.717, 1.165) is 62.9 Å². The minimum absolute atomic E-state index is 0.227. The number of nitrogens with zero attached hydrogens (tertiary/aromatic N) is 4. The molecule has 0 bridgehead atoms. The van der Waals surface area contributed by atoms with E-state index < -0.39 is 11.5 Å². The van der Waals surface area contributed by atoms with Crippen molar-refractivity contribution in [3.8, 4) is 0 Å². The maximum Gasteiger partial charge on any atom is 0.411 e. The van der Waals surface area contributed by atoms with Crippen molar-refractivity contribution in [2.75, 3.05) is 36.5 Å². The summed E-state index contributed by atoms with van der Waals surface area (Å²) in [5.41, 5.74) is 0.00105. The van der Waals surface area contributed by atoms with Gasteiger partial charge in [0, 0.05) is 32.7 Å². The van der Waals surface area contributed by atoms with E-state index in [4.69, 9.17) is 16.7 Å². The van der Waals surface area contributed by atoms with Crippen molar-refractivity contribution in [2.45, 2.75) is 57.1 Å². The number of piperidine rings is 1. The number of amides is 2. The zero-order valence-corrected chi connectivity index (χ0v) is 18.0. The quantitative estimate of drug-likeness (QED) is 0.756. The summed E-state index contributed by atoms with van der Waals surface area (Å²) in [6, 6.07) is 1.85. The number of pyridine rings is 1. The molecule has 1 aromatic rings. The van der Waals surface area contributed by atoms with Crippen LogP contribution >= 0.6 is 11.6 Å². The third-order valence-corrected chi connectivity index (χ3v) is 7.29. The lowest BCUT2D eigenvalue weighted by atomic mass is 9.78. The van der Waals surface area contributed by atoms with Crippen LogP contribution in [-0.4, -0.2) is 70.9 Å². The van der Waals surface area contributed by atoms with Crippen LogP contribution in [0.1, 0.15) is 44.9 Å². The van der Waals surface area contributed by atoms with E-state index in [1.165, 1.54) is 13.2 Å². The molecule has 1 aromatic heterocycles. The molecule has 2 N–H and O–H groups in total. The SMILES string of the molecule is CN(C(=O)O)c1cnc(N2CCCC3(CCN([C@H]4CC[C@@H](O)CC4)C3=O)C2)c(Cl)c1. The fourth-order valence-corrected chi connectivity index (χ4v) is 5.48. The predicted octanol–water partition coefficient (Wildman–Crippen LogP) is 2.97. The predicted molar refractivity (Wildman–Crippen MR) is 114 cm³/mol. The van der Waals surface area contributed by atoms with Crippen molar-refractivity contribution in [1.82, 2.24) is 9.88 Å². The Hall–Kier alpha value is -2.06. The lowest BCUT2D eigenvalue weighted by Gasteiger charge is -2.41. The zero-order valence-electron chi connectivity index (χ0n) is 17.3. The standard InChI is InChI=1S/C21H29ClN4O4/c1-24(20(29)30)15-11-17(22)18(23-12-15)25-9-2-7-21(13-25)8-10-26(19(21)28)14-3-5-16(27)6-4-14/h11-12,14,16,27H,2-10,13H2,1H3,(H,29,30)/t14-,16+,21?. The largest absolute Gasteiger partial charge is 0.465 e. The number of rotatable bonds is 3. The Kier molecular flexibility index (Phi) is 5.81. The maximum atomic E-state index is 13.5. The van der Waals surface area contributed by atoms with Crippen LogP contribution in [0, 0.1) is 5.41 Å². The van der Waals surface area contributed by atoms with Crippen LogP contribution in [0.3, 0.4) is 0 Å². The van der Waals surface area contributed by atoms with Gasteiger partial charge >= 0.3 is 6.09 Å². The summed E-state index contributed by atoms with van der Waals surface area (Å²) in [5.74, 6) is 0.831. The number of likely N-dealkylation sites (tertiary alicyclic amines) is 1. The van der Waals surface area contributed by atoms with Crippen LogP contribution in [0.2, 0.25) is 5.02 Å². The summed E-state index contributed by atoms with van der Waals surface area (Å²) < 4.78 is 0. The highest BCUT2D eigenvalue weighted by atomic mass is 35.5. The molecule has 9 heteroatoms. The highest BCUT2D eigenvalue weighted by Gasteiger charge is 2.51. The molecule has 2 saturated heterocycles. The van der Waals surface area contributed by atoms with E-state index in [9.17, 15) is 14.7 Å². The Bertz CT molecular complexity index is 829. The molecule has 1 atom stereocenters. The van der Waals surface area contributed by atoms with Gasteiger partial charge in [-0.1, -0.05) is 11.6 Å². The molecule has 3 aliphatic rings. The number of carbonyl (C=O) groups excluding carboxylic acids is 1. The van der Waals surface area contributed by atoms with Crippen LogP contribution in [0.5, 0.6) is 0 Å². The molecular formula is C21H29ClN4O4. The fourth-order valence-electron chi connectivity index (χ4n) is 5.20. The molecule has 8 nitrogen and oxygen atoms in total. The lowest BCUT2D eigenvalue weighted by molar-refractivity contribution is -0.139. The monoisotopic (exact) mass is 436 g/mol. The average molecular weight is 437 g/mol. The van der Waals surface area contributed by atoms with Gasteiger partial charge in [-0.2, -0.15) is 0 Å². The summed E-state index contributed by atoms with van der Waals surface area (Å²) in [6.45, 7) is 2.13. The zero-order chi connectivity index (χ0) is 21.5. The summed E-state index contributed by atoms with van der Waals surface area (Å²) in [7, 11) is 1.45. The number of halogens is 1. The molecule has 1 aliphatic carbocycles. The molecule has 0 aromatic carbocycles. The second-order valence-electron chi connectivity index (χ2n) is 8.86. The van der Waals surface area contributed by atoms with Gasteiger partial charge in [-0.25, -0.2) is 9.78 Å². The Balaban J connectivity index is 1.49. The first-order valence-electron chi connectivity index (χ1n) is 10.7. The summed E-state index contributed by atoms with van der Waals surface area (Å²) in [5, 5.41) is 19.3. The molecule has 1 spiro atoms. The van der Waals surface area contributed by atoms with Crippen LogP contribution in [0.4, 0.5) is 16.3 Å². The number of carbonyl (C=O) groups is 2. The van der Waals surface area contributed by atoms with Crippen LogP contribution in [-0.2, 0) is 4.79 Å². The molecule has 4 rings (SSSR count). The van der Waals surface area contributed by atoms with Crippen molar-refractivity contribution < 1.29 is 19.8 Å². The average Bonchev–Trinajstić information content (AvgIpc) is 3.03. The van der Waals surface area contributed by atoms with Gasteiger partial charge in [-0.3, -0.25) is 9.69 Å². The van der Waals surface area contributed by atoms with Gasteiger partial charge in [0.1, 0.15) is 5.82 Å². The Morgan fingerprint density at radius 1 is 1.27 bits per heavy atom. The van der Waals surface area contributed by atoms with Gasteiger partial charge in [0.15, 0.2) is 0 Å². The first-order valence-corrected chi connectivity index (χ1v) is 11.0. The smallest absolute Gasteiger partial charge is 0.411 e. The number of hydrogen-bond donors (Lipinski definition) is 2. The van der Waals surface area contributed by atoms with Gasteiger partial charge in [0.05, 0.1) is 28.4 Å². The van der Waals surface area contributed by atoms with Crippen LogP contribution < -0.4 is 9.80 Å². The van der Waals surface area contributed by atoms with Gasteiger partial charge in [0.2, 0.25) is 5.91 Å². The second kappa shape index (κ2) is 8.23. The number of aliphatic hydroxyl groups excluding tert-OH is 1. The summed E-state index contributed by atoms with van der Waals surface area (Å²) in [6.07, 6.45) is 6.07. The van der Waals surface area contributed by atoms with E-state index >= 15 is 0 Å². The van der Waals surface area contributed by atoms with E-state index in [1.807, 2.05) is 0 Å². The number of anilines is 2. The van der Waals surface area contributed by atoms with Gasteiger partial charge in [-0.15, -0.1) is 0 Å². The van der Waals surface area contributed by atoms with Crippen molar-refractivity contribution in [3.05, 3.63) is 17.3 Å². The second-order valence-corrected chi connectivity index (χ2v) is 9.26. The molecule has 2 amide bonds. The molecule has 3 fully saturated rings. The first-order chi connectivity index (χ1) is 14.3. The third kappa shape index (κ3) is 3.83. The van der Waals surface area contributed by atoms with Gasteiger partial charge in [-0.05, 0) is 51.0 Å². The topological polar surface area (TPSA) is 97.2 Å². The molecule has 1 unspecified atom stereocenters. The van der Waals surface area contributed by atoms with E-state index in [0.29, 0.717) is 23.1 Å². The number of aliphatic hydroxyl groups is 1. The Morgan fingerprint density at radius 2 is 2.00 bits per heavy atom. The van der Waals surface area contributed by atoms with Crippen LogP contribution in [0.15, 0.2) is 12.3 Å². The van der Waals surface area contributed by atoms with Gasteiger partial charge < -0.3 is 20.0 Å². The van der Waals surface area contributed by atoms with E-state index in [2.05, 4.69) is 14.8 Å². The maximum absolute atomic E-state index is 13.5. The fraction of sp³-hybridized carbons (Fsp3) is 0.667.